The smallest absolute Gasteiger partial charge is 0.138 e. The van der Waals surface area contributed by atoms with Crippen LogP contribution < -0.4 is 4.74 Å². The Balaban J connectivity index is 1.66. The van der Waals surface area contributed by atoms with E-state index < -0.39 is 0 Å². The Kier molecular flexibility index (Phi) is 4.52. The molecule has 0 atom stereocenters. The number of aromatic nitrogens is 3. The number of aromatic amines is 2. The van der Waals surface area contributed by atoms with Gasteiger partial charge < -0.3 is 14.7 Å². The first kappa shape index (κ1) is 17.9. The summed E-state index contributed by atoms with van der Waals surface area (Å²) < 4.78 is 6.39. The van der Waals surface area contributed by atoms with E-state index in [2.05, 4.69) is 64.3 Å². The second-order valence-electron chi connectivity index (χ2n) is 6.97. The van der Waals surface area contributed by atoms with Gasteiger partial charge in [-0.25, -0.2) is 4.98 Å². The molecule has 0 bridgehead atoms. The Morgan fingerprint density at radius 2 is 1.83 bits per heavy atom. The van der Waals surface area contributed by atoms with Gasteiger partial charge in [0.2, 0.25) is 0 Å². The standard InChI is InChI=1S/C24H21N3OS/c1-3-29-18-5-7-23(28-17-4-6-22-16(13-17)8-10-25-22)21(14-18)20-12-15(2)27-24-19(20)9-11-26-24/h4-14,25H,3H2,1-2H3,(H,26,27). The van der Waals surface area contributed by atoms with Gasteiger partial charge in [-0.2, -0.15) is 0 Å². The summed E-state index contributed by atoms with van der Waals surface area (Å²) >= 11 is 1.83. The summed E-state index contributed by atoms with van der Waals surface area (Å²) in [6.07, 6.45) is 3.88. The van der Waals surface area contributed by atoms with Gasteiger partial charge in [0.25, 0.3) is 0 Å². The third kappa shape index (κ3) is 3.38. The Morgan fingerprint density at radius 1 is 0.931 bits per heavy atom. The number of hydrogen-bond donors (Lipinski definition) is 2. The lowest BCUT2D eigenvalue weighted by Crippen LogP contribution is -1.92. The van der Waals surface area contributed by atoms with Crippen LogP contribution in [0.25, 0.3) is 33.1 Å². The van der Waals surface area contributed by atoms with E-state index in [9.17, 15) is 0 Å². The molecule has 5 heteroatoms. The van der Waals surface area contributed by atoms with Gasteiger partial charge in [0.15, 0.2) is 0 Å². The van der Waals surface area contributed by atoms with Crippen LogP contribution in [0, 0.1) is 6.92 Å². The molecule has 2 N–H and O–H groups in total. The number of fused-ring (bicyclic) bond motifs is 2. The van der Waals surface area contributed by atoms with E-state index in [1.807, 2.05) is 43.2 Å². The minimum absolute atomic E-state index is 0.824. The Bertz CT molecular complexity index is 1320. The molecule has 144 valence electrons. The molecular formula is C24H21N3OS. The number of H-pyrrole nitrogens is 2. The number of pyridine rings is 1. The van der Waals surface area contributed by atoms with Crippen molar-refractivity contribution in [1.82, 2.24) is 15.0 Å². The Morgan fingerprint density at radius 3 is 2.72 bits per heavy atom. The number of nitrogens with one attached hydrogen (secondary N) is 2. The van der Waals surface area contributed by atoms with Gasteiger partial charge in [-0.3, -0.25) is 0 Å². The second-order valence-corrected chi connectivity index (χ2v) is 8.31. The summed E-state index contributed by atoms with van der Waals surface area (Å²) in [6.45, 7) is 4.19. The fourth-order valence-electron chi connectivity index (χ4n) is 3.68. The van der Waals surface area contributed by atoms with Crippen LogP contribution in [0.2, 0.25) is 0 Å². The van der Waals surface area contributed by atoms with Crippen LogP contribution in [-0.2, 0) is 0 Å². The summed E-state index contributed by atoms with van der Waals surface area (Å²) in [5.74, 6) is 2.69. The fraction of sp³-hybridized carbons (Fsp3) is 0.125. The Labute approximate surface area is 173 Å². The minimum atomic E-state index is 0.824. The van der Waals surface area contributed by atoms with Crippen LogP contribution >= 0.6 is 11.8 Å². The van der Waals surface area contributed by atoms with Crippen molar-refractivity contribution < 1.29 is 4.74 Å². The molecule has 0 amide bonds. The van der Waals surface area contributed by atoms with Gasteiger partial charge in [0, 0.05) is 44.8 Å². The molecule has 2 aromatic carbocycles. The molecular weight excluding hydrogens is 378 g/mol. The number of thioether (sulfide) groups is 1. The maximum atomic E-state index is 6.39. The molecule has 0 unspecified atom stereocenters. The summed E-state index contributed by atoms with van der Waals surface area (Å²) in [5.41, 5.74) is 5.18. The van der Waals surface area contributed by atoms with Crippen LogP contribution in [-0.4, -0.2) is 20.7 Å². The average Bonchev–Trinajstić information content (AvgIpc) is 3.37. The highest BCUT2D eigenvalue weighted by Crippen LogP contribution is 2.40. The topological polar surface area (TPSA) is 53.7 Å². The van der Waals surface area contributed by atoms with Crippen molar-refractivity contribution >= 4 is 33.7 Å². The predicted molar refractivity (Wildman–Crippen MR) is 121 cm³/mol. The number of ether oxygens (including phenoxy) is 1. The third-order valence-corrected chi connectivity index (χ3v) is 5.84. The molecule has 0 aliphatic rings. The van der Waals surface area contributed by atoms with Crippen molar-refractivity contribution in [2.24, 2.45) is 0 Å². The van der Waals surface area contributed by atoms with Crippen molar-refractivity contribution in [2.75, 3.05) is 5.75 Å². The predicted octanol–water partition coefficient (Wildman–Crippen LogP) is 6.92. The highest BCUT2D eigenvalue weighted by atomic mass is 32.2. The van der Waals surface area contributed by atoms with Crippen LogP contribution in [0.15, 0.2) is 71.9 Å². The van der Waals surface area contributed by atoms with E-state index in [-0.39, 0.29) is 0 Å². The first-order chi connectivity index (χ1) is 14.2. The third-order valence-electron chi connectivity index (χ3n) is 4.96. The summed E-state index contributed by atoms with van der Waals surface area (Å²) in [5, 5.41) is 2.23. The number of hydrogen-bond acceptors (Lipinski definition) is 3. The second kappa shape index (κ2) is 7.33. The van der Waals surface area contributed by atoms with Crippen molar-refractivity contribution in [3.8, 4) is 22.6 Å². The van der Waals surface area contributed by atoms with Gasteiger partial charge in [0.1, 0.15) is 17.1 Å². The quantitative estimate of drug-likeness (QED) is 0.315. The molecule has 5 aromatic rings. The van der Waals surface area contributed by atoms with Crippen molar-refractivity contribution in [3.63, 3.8) is 0 Å². The molecule has 0 radical (unpaired) electrons. The van der Waals surface area contributed by atoms with Crippen LogP contribution in [0.5, 0.6) is 11.5 Å². The summed E-state index contributed by atoms with van der Waals surface area (Å²) in [6, 6.07) is 18.8. The lowest BCUT2D eigenvalue weighted by molar-refractivity contribution is 0.485. The van der Waals surface area contributed by atoms with Gasteiger partial charge in [0.05, 0.1) is 0 Å². The maximum Gasteiger partial charge on any atom is 0.138 e. The Hall–Kier alpha value is -3.18. The van der Waals surface area contributed by atoms with Gasteiger partial charge in [-0.1, -0.05) is 6.92 Å². The van der Waals surface area contributed by atoms with E-state index in [1.165, 1.54) is 4.90 Å². The van der Waals surface area contributed by atoms with Gasteiger partial charge >= 0.3 is 0 Å². The molecule has 0 fully saturated rings. The lowest BCUT2D eigenvalue weighted by Gasteiger charge is -2.14. The zero-order valence-corrected chi connectivity index (χ0v) is 17.1. The zero-order chi connectivity index (χ0) is 19.8. The molecule has 3 aromatic heterocycles. The van der Waals surface area contributed by atoms with E-state index >= 15 is 0 Å². The first-order valence-electron chi connectivity index (χ1n) is 9.68. The number of nitrogens with zero attached hydrogens (tertiary/aromatic N) is 1. The molecule has 0 saturated carbocycles. The number of rotatable bonds is 5. The normalized spacial score (nSPS) is 11.4. The molecule has 5 rings (SSSR count). The van der Waals surface area contributed by atoms with E-state index in [1.54, 1.807) is 0 Å². The van der Waals surface area contributed by atoms with Crippen LogP contribution in [0.3, 0.4) is 0 Å². The van der Waals surface area contributed by atoms with Crippen LogP contribution in [0.1, 0.15) is 12.6 Å². The molecule has 0 saturated heterocycles. The number of benzene rings is 2. The largest absolute Gasteiger partial charge is 0.457 e. The van der Waals surface area contributed by atoms with E-state index in [4.69, 9.17) is 4.74 Å². The van der Waals surface area contributed by atoms with Crippen molar-refractivity contribution in [1.29, 1.82) is 0 Å². The molecule has 0 spiro atoms. The van der Waals surface area contributed by atoms with E-state index in [0.29, 0.717) is 0 Å². The van der Waals surface area contributed by atoms with Crippen molar-refractivity contribution in [3.05, 3.63) is 72.7 Å². The van der Waals surface area contributed by atoms with Crippen molar-refractivity contribution in [2.45, 2.75) is 18.7 Å². The average molecular weight is 400 g/mol. The maximum absolute atomic E-state index is 6.39. The molecule has 0 aliphatic carbocycles. The van der Waals surface area contributed by atoms with Crippen LogP contribution in [0.4, 0.5) is 0 Å². The van der Waals surface area contributed by atoms with E-state index in [0.717, 1.165) is 56.0 Å². The fourth-order valence-corrected chi connectivity index (χ4v) is 4.37. The highest BCUT2D eigenvalue weighted by Gasteiger charge is 2.14. The molecule has 29 heavy (non-hydrogen) atoms. The monoisotopic (exact) mass is 399 g/mol. The SMILES string of the molecule is CCSc1ccc(Oc2ccc3[nH]ccc3c2)c(-c2cc(C)nc3[nH]ccc23)c1. The first-order valence-corrected chi connectivity index (χ1v) is 10.7. The molecule has 0 aliphatic heterocycles. The zero-order valence-electron chi connectivity index (χ0n) is 16.3. The summed E-state index contributed by atoms with van der Waals surface area (Å²) in [4.78, 5) is 12.3. The molecule has 3 heterocycles. The number of aryl methyl sites for hydroxylation is 1. The van der Waals surface area contributed by atoms with Gasteiger partial charge in [-0.15, -0.1) is 11.8 Å². The summed E-state index contributed by atoms with van der Waals surface area (Å²) in [7, 11) is 0. The molecule has 4 nitrogen and oxygen atoms in total. The minimum Gasteiger partial charge on any atom is -0.457 e. The highest BCUT2D eigenvalue weighted by molar-refractivity contribution is 7.99. The van der Waals surface area contributed by atoms with Gasteiger partial charge in [-0.05, 0) is 72.8 Å². The lowest BCUT2D eigenvalue weighted by atomic mass is 10.0.